The number of phenolic OH excluding ortho intramolecular Hbond substituents is 1. The Hall–Kier alpha value is -2.57. The number of para-hydroxylation sites is 1. The summed E-state index contributed by atoms with van der Waals surface area (Å²) in [5.41, 5.74) is 0.0256. The van der Waals surface area contributed by atoms with E-state index >= 15 is 0 Å². The molecule has 2 aliphatic heterocycles. The molecule has 7 nitrogen and oxygen atoms in total. The fraction of sp³-hybridized carbons (Fsp3) is 0.571. The molecule has 0 aliphatic carbocycles. The van der Waals surface area contributed by atoms with Crippen LogP contribution in [-0.2, 0) is 9.59 Å². The average molecular weight is 387 g/mol. The van der Waals surface area contributed by atoms with Crippen LogP contribution in [0, 0.1) is 5.92 Å². The van der Waals surface area contributed by atoms with Crippen LogP contribution < -0.4 is 5.32 Å². The van der Waals surface area contributed by atoms with Gasteiger partial charge in [0.1, 0.15) is 5.75 Å². The number of phenols is 1. The van der Waals surface area contributed by atoms with Gasteiger partial charge in [0, 0.05) is 37.6 Å². The molecule has 3 rings (SSSR count). The molecule has 0 aromatic heterocycles. The van der Waals surface area contributed by atoms with Crippen LogP contribution in [0.3, 0.4) is 0 Å². The van der Waals surface area contributed by atoms with Crippen LogP contribution in [0.15, 0.2) is 24.3 Å². The molecule has 1 aromatic carbocycles. The number of aromatic hydroxyl groups is 1. The summed E-state index contributed by atoms with van der Waals surface area (Å²) in [7, 11) is 0. The van der Waals surface area contributed by atoms with Crippen LogP contribution in [0.2, 0.25) is 0 Å². The van der Waals surface area contributed by atoms with E-state index in [0.29, 0.717) is 38.0 Å². The summed E-state index contributed by atoms with van der Waals surface area (Å²) in [5.74, 6) is -0.573. The second kappa shape index (κ2) is 7.81. The van der Waals surface area contributed by atoms with Crippen LogP contribution in [0.25, 0.3) is 0 Å². The number of nitrogens with one attached hydrogen (secondary N) is 1. The van der Waals surface area contributed by atoms with Crippen molar-refractivity contribution >= 4 is 17.7 Å². The summed E-state index contributed by atoms with van der Waals surface area (Å²) in [6.07, 6.45) is 1.58. The van der Waals surface area contributed by atoms with E-state index in [2.05, 4.69) is 5.32 Å². The van der Waals surface area contributed by atoms with Crippen molar-refractivity contribution in [2.24, 2.45) is 5.92 Å². The van der Waals surface area contributed by atoms with Crippen molar-refractivity contribution in [3.05, 3.63) is 29.8 Å². The molecule has 152 valence electrons. The quantitative estimate of drug-likeness (QED) is 0.827. The Morgan fingerprint density at radius 2 is 1.79 bits per heavy atom. The average Bonchev–Trinajstić information content (AvgIpc) is 3.04. The van der Waals surface area contributed by atoms with Gasteiger partial charge in [-0.2, -0.15) is 0 Å². The van der Waals surface area contributed by atoms with Gasteiger partial charge in [0.15, 0.2) is 0 Å². The standard InChI is InChI=1S/C21H29N3O4/c1-21(2,3)24-13-14(12-18(24)26)19(27)22-15-8-10-23(11-9-15)20(28)16-6-4-5-7-17(16)25/h4-7,14-15,25H,8-13H2,1-3H3,(H,22,27). The van der Waals surface area contributed by atoms with Gasteiger partial charge in [-0.25, -0.2) is 0 Å². The largest absolute Gasteiger partial charge is 0.507 e. The Bertz CT molecular complexity index is 763. The van der Waals surface area contributed by atoms with Crippen LogP contribution in [0.1, 0.15) is 50.4 Å². The number of hydrogen-bond acceptors (Lipinski definition) is 4. The maximum atomic E-state index is 12.6. The molecule has 2 aliphatic rings. The number of hydrogen-bond donors (Lipinski definition) is 2. The first kappa shape index (κ1) is 20.2. The lowest BCUT2D eigenvalue weighted by Gasteiger charge is -2.33. The molecule has 1 unspecified atom stereocenters. The number of nitrogens with zero attached hydrogens (tertiary/aromatic N) is 2. The first-order valence-corrected chi connectivity index (χ1v) is 9.85. The Morgan fingerprint density at radius 3 is 2.36 bits per heavy atom. The van der Waals surface area contributed by atoms with Gasteiger partial charge < -0.3 is 20.2 Å². The molecule has 0 bridgehead atoms. The summed E-state index contributed by atoms with van der Waals surface area (Å²) in [5, 5.41) is 12.9. The van der Waals surface area contributed by atoms with Crippen molar-refractivity contribution in [3.8, 4) is 5.75 Å². The Morgan fingerprint density at radius 1 is 1.14 bits per heavy atom. The first-order valence-electron chi connectivity index (χ1n) is 9.85. The lowest BCUT2D eigenvalue weighted by Crippen LogP contribution is -2.48. The van der Waals surface area contributed by atoms with Crippen molar-refractivity contribution in [2.45, 2.75) is 51.6 Å². The molecular weight excluding hydrogens is 358 g/mol. The monoisotopic (exact) mass is 387 g/mol. The SMILES string of the molecule is CC(C)(C)N1CC(C(=O)NC2CCN(C(=O)c3ccccc3O)CC2)CC1=O. The number of carbonyl (C=O) groups is 3. The third-order valence-corrected chi connectivity index (χ3v) is 5.57. The predicted molar refractivity (Wildman–Crippen MR) is 105 cm³/mol. The van der Waals surface area contributed by atoms with E-state index in [1.54, 1.807) is 28.0 Å². The van der Waals surface area contributed by atoms with Gasteiger partial charge in [-0.3, -0.25) is 14.4 Å². The molecule has 2 saturated heterocycles. The molecule has 2 N–H and O–H groups in total. The van der Waals surface area contributed by atoms with E-state index in [9.17, 15) is 19.5 Å². The van der Waals surface area contributed by atoms with E-state index in [1.807, 2.05) is 20.8 Å². The van der Waals surface area contributed by atoms with Crippen LogP contribution in [0.5, 0.6) is 5.75 Å². The van der Waals surface area contributed by atoms with E-state index in [-0.39, 0.29) is 47.4 Å². The molecule has 0 saturated carbocycles. The Labute approximate surface area is 165 Å². The number of likely N-dealkylation sites (tertiary alicyclic amines) is 2. The van der Waals surface area contributed by atoms with Crippen LogP contribution in [0.4, 0.5) is 0 Å². The number of piperidine rings is 1. The summed E-state index contributed by atoms with van der Waals surface area (Å²) in [6, 6.07) is 6.53. The van der Waals surface area contributed by atoms with Crippen molar-refractivity contribution in [1.82, 2.24) is 15.1 Å². The lowest BCUT2D eigenvalue weighted by molar-refractivity contribution is -0.132. The van der Waals surface area contributed by atoms with E-state index < -0.39 is 0 Å². The zero-order valence-corrected chi connectivity index (χ0v) is 16.8. The molecule has 3 amide bonds. The second-order valence-electron chi connectivity index (χ2n) is 8.67. The molecular formula is C21H29N3O4. The maximum Gasteiger partial charge on any atom is 0.257 e. The maximum absolute atomic E-state index is 12.6. The lowest BCUT2D eigenvalue weighted by atomic mass is 10.0. The van der Waals surface area contributed by atoms with Gasteiger partial charge in [0.2, 0.25) is 11.8 Å². The summed E-state index contributed by atoms with van der Waals surface area (Å²) in [6.45, 7) is 7.43. The van der Waals surface area contributed by atoms with Crippen molar-refractivity contribution < 1.29 is 19.5 Å². The van der Waals surface area contributed by atoms with Gasteiger partial charge in [-0.15, -0.1) is 0 Å². The third kappa shape index (κ3) is 4.29. The highest BCUT2D eigenvalue weighted by Crippen LogP contribution is 2.26. The highest BCUT2D eigenvalue weighted by molar-refractivity contribution is 5.96. The first-order chi connectivity index (χ1) is 13.2. The third-order valence-electron chi connectivity index (χ3n) is 5.57. The highest BCUT2D eigenvalue weighted by atomic mass is 16.3. The minimum absolute atomic E-state index is 0.000269. The van der Waals surface area contributed by atoms with Gasteiger partial charge in [0.05, 0.1) is 11.5 Å². The molecule has 1 atom stereocenters. The number of benzene rings is 1. The van der Waals surface area contributed by atoms with Crippen molar-refractivity contribution in [3.63, 3.8) is 0 Å². The zero-order chi connectivity index (χ0) is 20.5. The minimum atomic E-state index is -0.312. The van der Waals surface area contributed by atoms with Crippen molar-refractivity contribution in [2.75, 3.05) is 19.6 Å². The molecule has 7 heteroatoms. The van der Waals surface area contributed by atoms with Crippen molar-refractivity contribution in [1.29, 1.82) is 0 Å². The Balaban J connectivity index is 1.51. The predicted octanol–water partition coefficient (Wildman–Crippen LogP) is 1.76. The fourth-order valence-electron chi connectivity index (χ4n) is 3.90. The normalized spacial score (nSPS) is 21.1. The fourth-order valence-corrected chi connectivity index (χ4v) is 3.90. The molecule has 1 aromatic rings. The zero-order valence-electron chi connectivity index (χ0n) is 16.8. The second-order valence-corrected chi connectivity index (χ2v) is 8.67. The number of amides is 3. The van der Waals surface area contributed by atoms with Gasteiger partial charge in [-0.05, 0) is 45.7 Å². The van der Waals surface area contributed by atoms with Gasteiger partial charge in [0.25, 0.3) is 5.91 Å². The highest BCUT2D eigenvalue weighted by Gasteiger charge is 2.40. The van der Waals surface area contributed by atoms with Gasteiger partial charge in [-0.1, -0.05) is 12.1 Å². The summed E-state index contributed by atoms with van der Waals surface area (Å²) >= 11 is 0. The van der Waals surface area contributed by atoms with E-state index in [1.165, 1.54) is 6.07 Å². The van der Waals surface area contributed by atoms with Gasteiger partial charge >= 0.3 is 0 Å². The molecule has 28 heavy (non-hydrogen) atoms. The van der Waals surface area contributed by atoms with Crippen LogP contribution >= 0.6 is 0 Å². The molecule has 0 spiro atoms. The molecule has 0 radical (unpaired) electrons. The van der Waals surface area contributed by atoms with E-state index in [0.717, 1.165) is 0 Å². The summed E-state index contributed by atoms with van der Waals surface area (Å²) < 4.78 is 0. The minimum Gasteiger partial charge on any atom is -0.507 e. The Kier molecular flexibility index (Phi) is 5.63. The smallest absolute Gasteiger partial charge is 0.257 e. The molecule has 2 heterocycles. The number of carbonyl (C=O) groups excluding carboxylic acids is 3. The van der Waals surface area contributed by atoms with Crippen LogP contribution in [-0.4, -0.2) is 63.8 Å². The summed E-state index contributed by atoms with van der Waals surface area (Å²) in [4.78, 5) is 40.8. The number of rotatable bonds is 3. The van der Waals surface area contributed by atoms with E-state index in [4.69, 9.17) is 0 Å². The topological polar surface area (TPSA) is 90.0 Å². The molecule has 2 fully saturated rings.